The Kier molecular flexibility index (Phi) is 5.33. The van der Waals surface area contributed by atoms with Crippen LogP contribution >= 0.6 is 27.5 Å². The number of oxazole rings is 1. The number of esters is 1. The Morgan fingerprint density at radius 3 is 2.54 bits per heavy atom. The van der Waals surface area contributed by atoms with Gasteiger partial charge in [0.15, 0.2) is 12.4 Å². The van der Waals surface area contributed by atoms with Crippen LogP contribution < -0.4 is 0 Å². The maximum Gasteiger partial charge on any atom is 0.310 e. The minimum absolute atomic E-state index is 0.00293. The molecule has 0 atom stereocenters. The normalized spacial score (nSPS) is 10.6. The van der Waals surface area contributed by atoms with Gasteiger partial charge in [-0.15, -0.1) is 0 Å². The summed E-state index contributed by atoms with van der Waals surface area (Å²) in [6, 6.07) is 14.7. The highest BCUT2D eigenvalue weighted by atomic mass is 79.9. The summed E-state index contributed by atoms with van der Waals surface area (Å²) < 4.78 is 11.8. The van der Waals surface area contributed by atoms with Crippen LogP contribution in [0.25, 0.3) is 11.3 Å². The summed E-state index contributed by atoms with van der Waals surface area (Å²) in [7, 11) is 0. The molecular weight excluding hydrogens is 394 g/mol. The molecule has 0 saturated carbocycles. The molecule has 122 valence electrons. The molecule has 0 aliphatic carbocycles. The molecule has 0 amide bonds. The molecule has 0 radical (unpaired) electrons. The molecule has 0 fully saturated rings. The summed E-state index contributed by atoms with van der Waals surface area (Å²) in [5, 5.41) is 0.653. The first kappa shape index (κ1) is 16.7. The van der Waals surface area contributed by atoms with Crippen molar-refractivity contribution in [2.75, 3.05) is 0 Å². The van der Waals surface area contributed by atoms with Crippen LogP contribution in [0, 0.1) is 0 Å². The summed E-state index contributed by atoms with van der Waals surface area (Å²) in [5.74, 6) is 0.623. The van der Waals surface area contributed by atoms with Crippen LogP contribution in [-0.4, -0.2) is 11.0 Å². The first-order valence-electron chi connectivity index (χ1n) is 7.21. The molecule has 0 aliphatic heterocycles. The number of benzene rings is 2. The third kappa shape index (κ3) is 4.46. The van der Waals surface area contributed by atoms with E-state index >= 15 is 0 Å². The molecular formula is C18H13BrClNO3. The second-order valence-corrected chi connectivity index (χ2v) is 6.44. The summed E-state index contributed by atoms with van der Waals surface area (Å²) in [5.41, 5.74) is 1.75. The maximum absolute atomic E-state index is 11.9. The van der Waals surface area contributed by atoms with Gasteiger partial charge in [0.1, 0.15) is 0 Å². The van der Waals surface area contributed by atoms with Crippen LogP contribution in [0.4, 0.5) is 0 Å². The lowest BCUT2D eigenvalue weighted by molar-refractivity contribution is -0.144. The van der Waals surface area contributed by atoms with Crippen LogP contribution in [0.3, 0.4) is 0 Å². The van der Waals surface area contributed by atoms with Crippen LogP contribution in [0.2, 0.25) is 5.02 Å². The minimum Gasteiger partial charge on any atom is -0.455 e. The van der Waals surface area contributed by atoms with Crippen LogP contribution in [-0.2, 0) is 22.6 Å². The topological polar surface area (TPSA) is 52.3 Å². The van der Waals surface area contributed by atoms with Gasteiger partial charge in [-0.3, -0.25) is 4.79 Å². The Morgan fingerprint density at radius 2 is 1.83 bits per heavy atom. The van der Waals surface area contributed by atoms with Gasteiger partial charge in [0, 0.05) is 15.1 Å². The number of carbonyl (C=O) groups excluding carboxylic acids is 1. The predicted octanol–water partition coefficient (Wildman–Crippen LogP) is 5.04. The summed E-state index contributed by atoms with van der Waals surface area (Å²) >= 11 is 9.21. The standard InChI is InChI=1S/C18H13BrClNO3/c19-14-5-1-12(2-6-14)9-18(22)23-11-17-21-10-16(24-17)13-3-7-15(20)8-4-13/h1-8,10H,9,11H2. The van der Waals surface area contributed by atoms with Gasteiger partial charge in [0.2, 0.25) is 5.89 Å². The molecule has 4 nitrogen and oxygen atoms in total. The number of ether oxygens (including phenoxy) is 1. The van der Waals surface area contributed by atoms with E-state index < -0.39 is 0 Å². The molecule has 0 bridgehead atoms. The molecule has 3 rings (SSSR count). The highest BCUT2D eigenvalue weighted by Crippen LogP contribution is 2.22. The van der Waals surface area contributed by atoms with E-state index in [-0.39, 0.29) is 19.0 Å². The molecule has 24 heavy (non-hydrogen) atoms. The second-order valence-electron chi connectivity index (χ2n) is 5.09. The van der Waals surface area contributed by atoms with Crippen molar-refractivity contribution in [2.45, 2.75) is 13.0 Å². The smallest absolute Gasteiger partial charge is 0.310 e. The maximum atomic E-state index is 11.9. The molecule has 0 unspecified atom stereocenters. The monoisotopic (exact) mass is 405 g/mol. The average molecular weight is 407 g/mol. The van der Waals surface area contributed by atoms with Gasteiger partial charge in [0.25, 0.3) is 0 Å². The number of hydrogen-bond acceptors (Lipinski definition) is 4. The Hall–Kier alpha value is -2.11. The van der Waals surface area contributed by atoms with E-state index in [1.54, 1.807) is 18.3 Å². The number of aromatic nitrogens is 1. The van der Waals surface area contributed by atoms with Gasteiger partial charge in [0.05, 0.1) is 12.6 Å². The van der Waals surface area contributed by atoms with Gasteiger partial charge in [-0.1, -0.05) is 39.7 Å². The zero-order valence-electron chi connectivity index (χ0n) is 12.5. The summed E-state index contributed by atoms with van der Waals surface area (Å²) in [6.07, 6.45) is 1.80. The zero-order valence-corrected chi connectivity index (χ0v) is 14.9. The Morgan fingerprint density at radius 1 is 1.12 bits per heavy atom. The minimum atomic E-state index is -0.330. The second kappa shape index (κ2) is 7.64. The molecule has 3 aromatic rings. The van der Waals surface area contributed by atoms with Crippen molar-refractivity contribution >= 4 is 33.5 Å². The van der Waals surface area contributed by atoms with Gasteiger partial charge >= 0.3 is 5.97 Å². The molecule has 0 N–H and O–H groups in total. The fraction of sp³-hybridized carbons (Fsp3) is 0.111. The average Bonchev–Trinajstić information content (AvgIpc) is 3.05. The lowest BCUT2D eigenvalue weighted by Gasteiger charge is -2.03. The number of nitrogens with zero attached hydrogens (tertiary/aromatic N) is 1. The van der Waals surface area contributed by atoms with Crippen LogP contribution in [0.5, 0.6) is 0 Å². The van der Waals surface area contributed by atoms with E-state index in [4.69, 9.17) is 20.8 Å². The van der Waals surface area contributed by atoms with Gasteiger partial charge in [-0.05, 0) is 42.0 Å². The van der Waals surface area contributed by atoms with Crippen LogP contribution in [0.1, 0.15) is 11.5 Å². The Balaban J connectivity index is 1.56. The van der Waals surface area contributed by atoms with E-state index in [0.717, 1.165) is 15.6 Å². The first-order valence-corrected chi connectivity index (χ1v) is 8.38. The number of carbonyl (C=O) groups is 1. The SMILES string of the molecule is O=C(Cc1ccc(Br)cc1)OCc1ncc(-c2ccc(Cl)cc2)o1. The number of hydrogen-bond donors (Lipinski definition) is 0. The lowest BCUT2D eigenvalue weighted by atomic mass is 10.2. The van der Waals surface area contributed by atoms with E-state index in [1.807, 2.05) is 36.4 Å². The lowest BCUT2D eigenvalue weighted by Crippen LogP contribution is -2.08. The highest BCUT2D eigenvalue weighted by molar-refractivity contribution is 9.10. The molecule has 0 saturated heterocycles. The van der Waals surface area contributed by atoms with Crippen molar-refractivity contribution in [3.05, 3.63) is 75.7 Å². The molecule has 0 aliphatic rings. The van der Waals surface area contributed by atoms with Crippen molar-refractivity contribution in [3.63, 3.8) is 0 Å². The van der Waals surface area contributed by atoms with Crippen molar-refractivity contribution in [3.8, 4) is 11.3 Å². The molecule has 6 heteroatoms. The van der Waals surface area contributed by atoms with E-state index in [2.05, 4.69) is 20.9 Å². The van der Waals surface area contributed by atoms with Gasteiger partial charge < -0.3 is 9.15 Å². The van der Waals surface area contributed by atoms with E-state index in [1.165, 1.54) is 0 Å². The molecule has 0 spiro atoms. The molecule has 1 aromatic heterocycles. The Bertz CT molecular complexity index is 828. The van der Waals surface area contributed by atoms with Gasteiger partial charge in [-0.25, -0.2) is 4.98 Å². The van der Waals surface area contributed by atoms with Crippen molar-refractivity contribution < 1.29 is 13.9 Å². The van der Waals surface area contributed by atoms with Gasteiger partial charge in [-0.2, -0.15) is 0 Å². The fourth-order valence-corrected chi connectivity index (χ4v) is 2.48. The number of halogens is 2. The zero-order chi connectivity index (χ0) is 16.9. The predicted molar refractivity (Wildman–Crippen MR) is 94.6 cm³/mol. The van der Waals surface area contributed by atoms with Crippen molar-refractivity contribution in [2.24, 2.45) is 0 Å². The fourth-order valence-electron chi connectivity index (χ4n) is 2.09. The third-order valence-electron chi connectivity index (χ3n) is 3.30. The Labute approximate surface area is 152 Å². The first-order chi connectivity index (χ1) is 11.6. The summed E-state index contributed by atoms with van der Waals surface area (Å²) in [4.78, 5) is 16.0. The van der Waals surface area contributed by atoms with Crippen molar-refractivity contribution in [1.82, 2.24) is 4.98 Å². The number of rotatable bonds is 5. The largest absolute Gasteiger partial charge is 0.455 e. The highest BCUT2D eigenvalue weighted by Gasteiger charge is 2.10. The van der Waals surface area contributed by atoms with E-state index in [9.17, 15) is 4.79 Å². The van der Waals surface area contributed by atoms with Crippen molar-refractivity contribution in [1.29, 1.82) is 0 Å². The molecule has 1 heterocycles. The molecule has 2 aromatic carbocycles. The van der Waals surface area contributed by atoms with E-state index in [0.29, 0.717) is 16.7 Å². The summed E-state index contributed by atoms with van der Waals surface area (Å²) in [6.45, 7) is 0.00293. The third-order valence-corrected chi connectivity index (χ3v) is 4.08. The van der Waals surface area contributed by atoms with Crippen LogP contribution in [0.15, 0.2) is 63.6 Å². The quantitative estimate of drug-likeness (QED) is 0.557.